The third-order valence-corrected chi connectivity index (χ3v) is 3.63. The number of amides is 1. The molecular formula is C14H27NO5. The summed E-state index contributed by atoms with van der Waals surface area (Å²) >= 11 is 0. The largest absolute Gasteiger partial charge is 0.394 e. The monoisotopic (exact) mass is 289 g/mol. The van der Waals surface area contributed by atoms with E-state index in [0.717, 1.165) is 19.3 Å². The summed E-state index contributed by atoms with van der Waals surface area (Å²) in [7, 11) is 0. The van der Waals surface area contributed by atoms with E-state index >= 15 is 0 Å². The van der Waals surface area contributed by atoms with Gasteiger partial charge in [0.15, 0.2) is 6.10 Å². The fourth-order valence-corrected chi connectivity index (χ4v) is 2.33. The van der Waals surface area contributed by atoms with Crippen LogP contribution in [-0.4, -0.2) is 58.8 Å². The summed E-state index contributed by atoms with van der Waals surface area (Å²) in [5, 5.41) is 30.9. The Morgan fingerprint density at radius 1 is 1.10 bits per heavy atom. The molecular weight excluding hydrogens is 262 g/mol. The minimum atomic E-state index is -1.28. The summed E-state index contributed by atoms with van der Waals surface area (Å²) in [6, 6.07) is 0. The van der Waals surface area contributed by atoms with Crippen LogP contribution in [0.5, 0.6) is 0 Å². The van der Waals surface area contributed by atoms with Crippen LogP contribution in [0.1, 0.15) is 45.4 Å². The van der Waals surface area contributed by atoms with Crippen LogP contribution in [0.25, 0.3) is 0 Å². The molecule has 0 aromatic rings. The first-order valence-corrected chi connectivity index (χ1v) is 7.52. The molecule has 4 atom stereocenters. The van der Waals surface area contributed by atoms with Crippen molar-refractivity contribution in [3.63, 3.8) is 0 Å². The number of hydrogen-bond acceptors (Lipinski definition) is 5. The lowest BCUT2D eigenvalue weighted by atomic mass is 10.1. The maximum atomic E-state index is 11.8. The minimum Gasteiger partial charge on any atom is -0.394 e. The van der Waals surface area contributed by atoms with Gasteiger partial charge in [0.2, 0.25) is 0 Å². The highest BCUT2D eigenvalue weighted by molar-refractivity contribution is 5.81. The average Bonchev–Trinajstić information content (AvgIpc) is 2.74. The van der Waals surface area contributed by atoms with E-state index in [1.807, 2.05) is 0 Å². The van der Waals surface area contributed by atoms with E-state index in [9.17, 15) is 15.0 Å². The van der Waals surface area contributed by atoms with E-state index in [-0.39, 0.29) is 0 Å². The molecule has 20 heavy (non-hydrogen) atoms. The number of ether oxygens (including phenoxy) is 1. The molecule has 4 N–H and O–H groups in total. The molecule has 0 unspecified atom stereocenters. The van der Waals surface area contributed by atoms with Crippen LogP contribution < -0.4 is 5.32 Å². The highest BCUT2D eigenvalue weighted by Gasteiger charge is 2.45. The van der Waals surface area contributed by atoms with Crippen LogP contribution in [0.3, 0.4) is 0 Å². The van der Waals surface area contributed by atoms with Gasteiger partial charge in [0.25, 0.3) is 5.91 Å². The summed E-state index contributed by atoms with van der Waals surface area (Å²) in [5.41, 5.74) is 0. The lowest BCUT2D eigenvalue weighted by Gasteiger charge is -2.14. The molecule has 118 valence electrons. The lowest BCUT2D eigenvalue weighted by molar-refractivity contribution is -0.136. The fourth-order valence-electron chi connectivity index (χ4n) is 2.33. The van der Waals surface area contributed by atoms with Crippen LogP contribution >= 0.6 is 0 Å². The van der Waals surface area contributed by atoms with Gasteiger partial charge in [-0.15, -0.1) is 0 Å². The van der Waals surface area contributed by atoms with Gasteiger partial charge < -0.3 is 25.4 Å². The molecule has 0 aliphatic carbocycles. The number of aliphatic hydroxyl groups is 3. The molecule has 0 aromatic heterocycles. The first-order chi connectivity index (χ1) is 9.61. The van der Waals surface area contributed by atoms with E-state index in [1.54, 1.807) is 0 Å². The minimum absolute atomic E-state index is 0.417. The maximum absolute atomic E-state index is 11.8. The number of rotatable bonds is 9. The second-order valence-electron chi connectivity index (χ2n) is 5.32. The number of unbranched alkanes of at least 4 members (excludes halogenated alkanes) is 5. The summed E-state index contributed by atoms with van der Waals surface area (Å²) in [6.07, 6.45) is 2.31. The molecule has 0 aromatic carbocycles. The molecule has 0 radical (unpaired) electrons. The van der Waals surface area contributed by atoms with E-state index in [2.05, 4.69) is 12.2 Å². The SMILES string of the molecule is CCCCCCCCNC(=O)[C@@H]1O[C@H](CO)[C@@H](O)[C@@H]1O. The Labute approximate surface area is 120 Å². The van der Waals surface area contributed by atoms with Crippen molar-refractivity contribution >= 4 is 5.91 Å². The quantitative estimate of drug-likeness (QED) is 0.446. The molecule has 1 aliphatic rings. The third kappa shape index (κ3) is 5.01. The number of hydrogen-bond donors (Lipinski definition) is 4. The normalized spacial score (nSPS) is 29.6. The van der Waals surface area contributed by atoms with Crippen molar-refractivity contribution in [1.82, 2.24) is 5.32 Å². The van der Waals surface area contributed by atoms with Gasteiger partial charge in [-0.2, -0.15) is 0 Å². The molecule has 0 spiro atoms. The first kappa shape index (κ1) is 17.4. The predicted molar refractivity (Wildman–Crippen MR) is 74.1 cm³/mol. The van der Waals surface area contributed by atoms with Gasteiger partial charge in [-0.05, 0) is 6.42 Å². The highest BCUT2D eigenvalue weighted by atomic mass is 16.6. The Bertz CT molecular complexity index is 287. The molecule has 1 fully saturated rings. The van der Waals surface area contributed by atoms with Gasteiger partial charge in [-0.3, -0.25) is 4.79 Å². The molecule has 0 bridgehead atoms. The lowest BCUT2D eigenvalue weighted by Crippen LogP contribution is -2.43. The van der Waals surface area contributed by atoms with Gasteiger partial charge in [-0.1, -0.05) is 39.0 Å². The molecule has 0 saturated carbocycles. The van der Waals surface area contributed by atoms with E-state index in [1.165, 1.54) is 19.3 Å². The summed E-state index contributed by atoms with van der Waals surface area (Å²) < 4.78 is 5.14. The number of aliphatic hydroxyl groups excluding tert-OH is 3. The van der Waals surface area contributed by atoms with E-state index < -0.39 is 36.9 Å². The Balaban J connectivity index is 2.17. The topological polar surface area (TPSA) is 99.0 Å². The van der Waals surface area contributed by atoms with Crippen LogP contribution in [0.4, 0.5) is 0 Å². The van der Waals surface area contributed by atoms with Crippen LogP contribution in [0.2, 0.25) is 0 Å². The number of nitrogens with one attached hydrogen (secondary N) is 1. The zero-order valence-corrected chi connectivity index (χ0v) is 12.1. The molecule has 1 heterocycles. The van der Waals surface area contributed by atoms with Crippen LogP contribution in [-0.2, 0) is 9.53 Å². The molecule has 1 rings (SSSR count). The Morgan fingerprint density at radius 3 is 2.35 bits per heavy atom. The predicted octanol–water partition coefficient (Wildman–Crippen LogP) is -0.0554. The molecule has 6 nitrogen and oxygen atoms in total. The standard InChI is InChI=1S/C14H27NO5/c1-2-3-4-5-6-7-8-15-14(19)13-12(18)11(17)10(9-16)20-13/h10-13,16-18H,2-9H2,1H3,(H,15,19)/t10-,11-,12+,13-/m1/s1. The van der Waals surface area contributed by atoms with Crippen molar-refractivity contribution in [1.29, 1.82) is 0 Å². The second-order valence-corrected chi connectivity index (χ2v) is 5.32. The maximum Gasteiger partial charge on any atom is 0.251 e. The van der Waals surface area contributed by atoms with Crippen molar-refractivity contribution in [2.24, 2.45) is 0 Å². The van der Waals surface area contributed by atoms with Crippen molar-refractivity contribution in [2.45, 2.75) is 69.9 Å². The van der Waals surface area contributed by atoms with Gasteiger partial charge in [-0.25, -0.2) is 0 Å². The third-order valence-electron chi connectivity index (χ3n) is 3.63. The average molecular weight is 289 g/mol. The van der Waals surface area contributed by atoms with E-state index in [0.29, 0.717) is 6.54 Å². The fraction of sp³-hybridized carbons (Fsp3) is 0.929. The highest BCUT2D eigenvalue weighted by Crippen LogP contribution is 2.21. The van der Waals surface area contributed by atoms with Crippen molar-refractivity contribution < 1.29 is 24.9 Å². The van der Waals surface area contributed by atoms with Crippen LogP contribution in [0, 0.1) is 0 Å². The molecule has 1 amide bonds. The zero-order valence-electron chi connectivity index (χ0n) is 12.1. The molecule has 6 heteroatoms. The summed E-state index contributed by atoms with van der Waals surface area (Å²) in [4.78, 5) is 11.8. The van der Waals surface area contributed by atoms with Gasteiger partial charge in [0, 0.05) is 6.54 Å². The van der Waals surface area contributed by atoms with Gasteiger partial charge >= 0.3 is 0 Å². The second kappa shape index (κ2) is 9.28. The summed E-state index contributed by atoms with van der Waals surface area (Å²) in [5.74, 6) is -0.430. The smallest absolute Gasteiger partial charge is 0.251 e. The molecule has 1 aliphatic heterocycles. The number of carbonyl (C=O) groups excluding carboxylic acids is 1. The Hall–Kier alpha value is -0.690. The summed E-state index contributed by atoms with van der Waals surface area (Å²) in [6.45, 7) is 2.29. The first-order valence-electron chi connectivity index (χ1n) is 7.52. The van der Waals surface area contributed by atoms with E-state index in [4.69, 9.17) is 9.84 Å². The van der Waals surface area contributed by atoms with Gasteiger partial charge in [0.05, 0.1) is 6.61 Å². The number of carbonyl (C=O) groups is 1. The van der Waals surface area contributed by atoms with Crippen molar-refractivity contribution in [2.75, 3.05) is 13.2 Å². The molecule has 1 saturated heterocycles. The van der Waals surface area contributed by atoms with Gasteiger partial charge in [0.1, 0.15) is 18.3 Å². The van der Waals surface area contributed by atoms with Crippen molar-refractivity contribution in [3.05, 3.63) is 0 Å². The van der Waals surface area contributed by atoms with Crippen molar-refractivity contribution in [3.8, 4) is 0 Å². The Kier molecular flexibility index (Phi) is 8.06. The zero-order chi connectivity index (χ0) is 15.0. The van der Waals surface area contributed by atoms with Crippen LogP contribution in [0.15, 0.2) is 0 Å². The Morgan fingerprint density at radius 2 is 1.75 bits per heavy atom.